The summed E-state index contributed by atoms with van der Waals surface area (Å²) >= 11 is 1.80. The van der Waals surface area contributed by atoms with Crippen LogP contribution in [0.1, 0.15) is 46.1 Å². The number of amides is 2. The lowest BCUT2D eigenvalue weighted by molar-refractivity contribution is 0.194. The van der Waals surface area contributed by atoms with Crippen molar-refractivity contribution in [2.24, 2.45) is 0 Å². The Balaban J connectivity index is 1.51. The van der Waals surface area contributed by atoms with Crippen LogP contribution in [-0.4, -0.2) is 22.6 Å². The molecule has 1 aliphatic carbocycles. The predicted octanol–water partition coefficient (Wildman–Crippen LogP) is 6.84. The van der Waals surface area contributed by atoms with Gasteiger partial charge in [-0.1, -0.05) is 12.1 Å². The molecule has 6 rings (SSSR count). The van der Waals surface area contributed by atoms with Gasteiger partial charge in [0.15, 0.2) is 0 Å². The number of halogens is 2. The quantitative estimate of drug-likeness (QED) is 0.331. The highest BCUT2D eigenvalue weighted by Crippen LogP contribution is 2.44. The van der Waals surface area contributed by atoms with E-state index in [1.165, 1.54) is 16.9 Å². The van der Waals surface area contributed by atoms with Crippen LogP contribution in [-0.2, 0) is 19.4 Å². The van der Waals surface area contributed by atoms with E-state index in [2.05, 4.69) is 9.88 Å². The number of anilines is 1. The van der Waals surface area contributed by atoms with Gasteiger partial charge in [0, 0.05) is 22.7 Å². The summed E-state index contributed by atoms with van der Waals surface area (Å²) in [5.41, 5.74) is 4.06. The number of methoxy groups -OCH3 is 1. The maximum atomic E-state index is 14.5. The van der Waals surface area contributed by atoms with E-state index in [1.54, 1.807) is 23.3 Å². The van der Waals surface area contributed by atoms with Crippen LogP contribution in [0, 0.1) is 11.6 Å². The van der Waals surface area contributed by atoms with Gasteiger partial charge in [-0.3, -0.25) is 0 Å². The molecule has 1 atom stereocenters. The number of nitrogens with zero attached hydrogens (tertiary/aromatic N) is 2. The summed E-state index contributed by atoms with van der Waals surface area (Å²) in [5, 5.41) is 3.76. The minimum absolute atomic E-state index is 0.184. The summed E-state index contributed by atoms with van der Waals surface area (Å²) in [6.07, 6.45) is 6.35. The summed E-state index contributed by atoms with van der Waals surface area (Å²) in [7, 11) is 1.61. The summed E-state index contributed by atoms with van der Waals surface area (Å²) in [5.74, 6) is -0.622. The van der Waals surface area contributed by atoms with Crippen molar-refractivity contribution >= 4 is 23.1 Å². The van der Waals surface area contributed by atoms with Crippen molar-refractivity contribution in [1.29, 1.82) is 0 Å². The molecular weight excluding hydrogens is 480 g/mol. The third-order valence-electron chi connectivity index (χ3n) is 7.02. The monoisotopic (exact) mass is 505 g/mol. The highest BCUT2D eigenvalue weighted by atomic mass is 32.1. The molecular formula is C28H25F2N3O2S. The van der Waals surface area contributed by atoms with Gasteiger partial charge in [0.2, 0.25) is 0 Å². The van der Waals surface area contributed by atoms with Gasteiger partial charge in [0.25, 0.3) is 0 Å². The molecule has 1 N–H and O–H groups in total. The number of urea groups is 1. The number of aryl methyl sites for hydroxylation is 1. The fourth-order valence-electron chi connectivity index (χ4n) is 5.33. The van der Waals surface area contributed by atoms with Crippen LogP contribution >= 0.6 is 11.3 Å². The summed E-state index contributed by atoms with van der Waals surface area (Å²) in [4.78, 5) is 16.9. The number of aromatic nitrogens is 1. The standard InChI is InChI=1S/C28H25F2N3O2S/c1-35-19-7-4-6-17(14-19)26-24-9-5-13-32(24)27-21(20-8-2-3-10-25(20)36-27)16-33(26)28(34)31-23-15-18(29)11-12-22(23)30/h4-7,9,11-15,26H,2-3,8,10,16H2,1H3,(H,31,34)/t26-/m0/s1. The zero-order chi connectivity index (χ0) is 24.8. The highest BCUT2D eigenvalue weighted by Gasteiger charge is 2.36. The Morgan fingerprint density at radius 2 is 1.92 bits per heavy atom. The summed E-state index contributed by atoms with van der Waals surface area (Å²) in [6, 6.07) is 13.7. The molecule has 36 heavy (non-hydrogen) atoms. The van der Waals surface area contributed by atoms with Crippen LogP contribution in [0.4, 0.5) is 19.3 Å². The molecule has 5 nitrogen and oxygen atoms in total. The zero-order valence-corrected chi connectivity index (χ0v) is 20.6. The van der Waals surface area contributed by atoms with E-state index < -0.39 is 23.7 Å². The number of hydrogen-bond donors (Lipinski definition) is 1. The third-order valence-corrected chi connectivity index (χ3v) is 8.35. The van der Waals surface area contributed by atoms with Crippen LogP contribution in [0.25, 0.3) is 5.00 Å². The lowest BCUT2D eigenvalue weighted by Crippen LogP contribution is -2.38. The number of benzene rings is 2. The number of rotatable bonds is 3. The predicted molar refractivity (Wildman–Crippen MR) is 136 cm³/mol. The first-order valence-electron chi connectivity index (χ1n) is 12.0. The first kappa shape index (κ1) is 22.8. The highest BCUT2D eigenvalue weighted by molar-refractivity contribution is 7.15. The Bertz CT molecular complexity index is 1460. The lowest BCUT2D eigenvalue weighted by Gasteiger charge is -2.31. The molecule has 0 fully saturated rings. The van der Waals surface area contributed by atoms with Crippen molar-refractivity contribution in [2.75, 3.05) is 12.4 Å². The number of hydrogen-bond acceptors (Lipinski definition) is 3. The maximum Gasteiger partial charge on any atom is 0.323 e. The molecule has 0 spiro atoms. The Morgan fingerprint density at radius 3 is 2.78 bits per heavy atom. The van der Waals surface area contributed by atoms with Crippen LogP contribution < -0.4 is 10.1 Å². The van der Waals surface area contributed by atoms with E-state index >= 15 is 0 Å². The Hall–Kier alpha value is -3.65. The number of thiophene rings is 1. The van der Waals surface area contributed by atoms with Crippen molar-refractivity contribution in [2.45, 2.75) is 38.3 Å². The van der Waals surface area contributed by atoms with Gasteiger partial charge in [-0.05, 0) is 73.2 Å². The molecule has 0 saturated carbocycles. The van der Waals surface area contributed by atoms with Crippen molar-refractivity contribution < 1.29 is 18.3 Å². The van der Waals surface area contributed by atoms with E-state index in [0.717, 1.165) is 59.3 Å². The van der Waals surface area contributed by atoms with E-state index in [-0.39, 0.29) is 5.69 Å². The lowest BCUT2D eigenvalue weighted by atomic mass is 9.95. The fraction of sp³-hybridized carbons (Fsp3) is 0.250. The van der Waals surface area contributed by atoms with Crippen molar-refractivity contribution in [3.05, 3.63) is 99.7 Å². The molecule has 0 saturated heterocycles. The van der Waals surface area contributed by atoms with Crippen LogP contribution in [0.2, 0.25) is 0 Å². The minimum atomic E-state index is -0.686. The SMILES string of the molecule is COc1cccc([C@H]2c3cccn3-c3sc4c(c3CN2C(=O)Nc2cc(F)ccc2F)CCCC4)c1. The molecule has 8 heteroatoms. The molecule has 4 aromatic rings. The van der Waals surface area contributed by atoms with E-state index in [4.69, 9.17) is 4.74 Å². The normalized spacial score (nSPS) is 16.5. The molecule has 1 aliphatic heterocycles. The molecule has 2 aromatic heterocycles. The number of carbonyl (C=O) groups excluding carboxylic acids is 1. The van der Waals surface area contributed by atoms with E-state index in [1.807, 2.05) is 42.6 Å². The largest absolute Gasteiger partial charge is 0.497 e. The fourth-order valence-corrected chi connectivity index (χ4v) is 6.73. The van der Waals surface area contributed by atoms with Gasteiger partial charge in [0.1, 0.15) is 22.4 Å². The summed E-state index contributed by atoms with van der Waals surface area (Å²) < 4.78 is 36.0. The molecule has 184 valence electrons. The second kappa shape index (κ2) is 9.09. The number of carbonyl (C=O) groups is 1. The van der Waals surface area contributed by atoms with E-state index in [9.17, 15) is 13.6 Å². The second-order valence-electron chi connectivity index (χ2n) is 9.16. The van der Waals surface area contributed by atoms with Gasteiger partial charge in [0.05, 0.1) is 31.1 Å². The Kier molecular flexibility index (Phi) is 5.76. The molecule has 2 aliphatic rings. The van der Waals surface area contributed by atoms with Crippen LogP contribution in [0.5, 0.6) is 5.75 Å². The van der Waals surface area contributed by atoms with Crippen molar-refractivity contribution in [3.63, 3.8) is 0 Å². The third kappa shape index (κ3) is 3.86. The molecule has 0 unspecified atom stereocenters. The van der Waals surface area contributed by atoms with Gasteiger partial charge in [-0.15, -0.1) is 11.3 Å². The van der Waals surface area contributed by atoms with Crippen molar-refractivity contribution in [1.82, 2.24) is 9.47 Å². The molecule has 2 amide bonds. The smallest absolute Gasteiger partial charge is 0.323 e. The van der Waals surface area contributed by atoms with Crippen molar-refractivity contribution in [3.8, 4) is 10.8 Å². The van der Waals surface area contributed by atoms with E-state index in [0.29, 0.717) is 12.3 Å². The van der Waals surface area contributed by atoms with Gasteiger partial charge in [-0.2, -0.15) is 0 Å². The van der Waals surface area contributed by atoms with Gasteiger partial charge in [-0.25, -0.2) is 13.6 Å². The number of fused-ring (bicyclic) bond motifs is 5. The average Bonchev–Trinajstić information content (AvgIpc) is 3.48. The minimum Gasteiger partial charge on any atom is -0.497 e. The average molecular weight is 506 g/mol. The van der Waals surface area contributed by atoms with Gasteiger partial charge < -0.3 is 19.5 Å². The Morgan fingerprint density at radius 1 is 1.06 bits per heavy atom. The van der Waals surface area contributed by atoms with Gasteiger partial charge >= 0.3 is 6.03 Å². The number of nitrogens with one attached hydrogen (secondary N) is 1. The zero-order valence-electron chi connectivity index (χ0n) is 19.8. The first-order valence-corrected chi connectivity index (χ1v) is 12.8. The summed E-state index contributed by atoms with van der Waals surface area (Å²) in [6.45, 7) is 0.355. The molecule has 2 aromatic carbocycles. The van der Waals surface area contributed by atoms with Crippen LogP contribution in [0.15, 0.2) is 60.8 Å². The molecule has 3 heterocycles. The molecule has 0 bridgehead atoms. The molecule has 0 radical (unpaired) electrons. The topological polar surface area (TPSA) is 46.5 Å². The van der Waals surface area contributed by atoms with Crippen LogP contribution in [0.3, 0.4) is 0 Å². The second-order valence-corrected chi connectivity index (χ2v) is 10.2. The number of ether oxygens (including phenoxy) is 1. The Labute approximate surface area is 211 Å². The first-order chi connectivity index (χ1) is 17.5. The maximum absolute atomic E-state index is 14.5.